The Morgan fingerprint density at radius 1 is 0.946 bits per heavy atom. The van der Waals surface area contributed by atoms with Crippen LogP contribution >= 0.6 is 0 Å². The zero-order valence-electron chi connectivity index (χ0n) is 21.5. The van der Waals surface area contributed by atoms with Crippen molar-refractivity contribution in [1.29, 1.82) is 0 Å². The van der Waals surface area contributed by atoms with Crippen LogP contribution in [0.15, 0.2) is 42.5 Å². The minimum Gasteiger partial charge on any atom is -0.504 e. The zero-order chi connectivity index (χ0) is 26.3. The molecule has 8 heteroatoms. The highest BCUT2D eigenvalue weighted by Gasteiger charge is 2.39. The second-order valence-corrected chi connectivity index (χ2v) is 9.34. The van der Waals surface area contributed by atoms with Gasteiger partial charge in [-0.15, -0.1) is 0 Å². The Kier molecular flexibility index (Phi) is 6.50. The van der Waals surface area contributed by atoms with Gasteiger partial charge in [-0.05, 0) is 42.2 Å². The van der Waals surface area contributed by atoms with Gasteiger partial charge in [-0.3, -0.25) is 0 Å². The molecule has 0 bridgehead atoms. The average Bonchev–Trinajstić information content (AvgIpc) is 3.38. The summed E-state index contributed by atoms with van der Waals surface area (Å²) < 4.78 is 34.6. The fourth-order valence-electron chi connectivity index (χ4n) is 5.22. The van der Waals surface area contributed by atoms with E-state index >= 15 is 0 Å². The van der Waals surface area contributed by atoms with Gasteiger partial charge < -0.3 is 33.5 Å². The van der Waals surface area contributed by atoms with E-state index in [9.17, 15) is 9.90 Å². The van der Waals surface area contributed by atoms with Crippen LogP contribution in [0.1, 0.15) is 41.4 Å². The Balaban J connectivity index is 1.80. The minimum absolute atomic E-state index is 0.0276. The molecule has 37 heavy (non-hydrogen) atoms. The van der Waals surface area contributed by atoms with Gasteiger partial charge in [-0.1, -0.05) is 32.0 Å². The van der Waals surface area contributed by atoms with E-state index in [1.807, 2.05) is 18.2 Å². The predicted octanol–water partition coefficient (Wildman–Crippen LogP) is 5.54. The largest absolute Gasteiger partial charge is 0.504 e. The number of hydrogen-bond acceptors (Lipinski definition) is 8. The molecule has 0 amide bonds. The van der Waals surface area contributed by atoms with E-state index in [4.69, 9.17) is 28.4 Å². The molecule has 194 valence electrons. The lowest BCUT2D eigenvalue weighted by molar-refractivity contribution is 0.00701. The van der Waals surface area contributed by atoms with Crippen molar-refractivity contribution < 1.29 is 38.3 Å². The summed E-state index contributed by atoms with van der Waals surface area (Å²) in [4.78, 5) is 13.3. The molecule has 1 aliphatic heterocycles. The first-order chi connectivity index (χ1) is 17.9. The van der Waals surface area contributed by atoms with Crippen LogP contribution in [0, 0.1) is 11.8 Å². The molecule has 0 radical (unpaired) electrons. The number of rotatable bonds is 5. The Bertz CT molecular complexity index is 1330. The first-order valence-corrected chi connectivity index (χ1v) is 12.1. The molecule has 0 saturated carbocycles. The Labute approximate surface area is 215 Å². The van der Waals surface area contributed by atoms with Gasteiger partial charge in [0.05, 0.1) is 26.9 Å². The number of phenols is 1. The SMILES string of the molecule is COc1cc2c(c(O)c1OC)-c1c(cc3c(c1OC)OCO3)[C@H](OC(=O)c1ccccc1)[C@H](C)[C@H](C)C2. The van der Waals surface area contributed by atoms with E-state index < -0.39 is 12.1 Å². The molecule has 3 aromatic rings. The van der Waals surface area contributed by atoms with Crippen LogP contribution in [0.25, 0.3) is 11.1 Å². The number of benzene rings is 3. The van der Waals surface area contributed by atoms with Crippen molar-refractivity contribution in [3.63, 3.8) is 0 Å². The predicted molar refractivity (Wildman–Crippen MR) is 136 cm³/mol. The molecule has 0 fully saturated rings. The van der Waals surface area contributed by atoms with Crippen molar-refractivity contribution in [2.75, 3.05) is 28.1 Å². The van der Waals surface area contributed by atoms with Crippen molar-refractivity contribution in [3.8, 4) is 45.6 Å². The Morgan fingerprint density at radius 3 is 2.35 bits per heavy atom. The first-order valence-electron chi connectivity index (χ1n) is 12.1. The van der Waals surface area contributed by atoms with E-state index in [2.05, 4.69) is 13.8 Å². The Morgan fingerprint density at radius 2 is 1.68 bits per heavy atom. The Hall–Kier alpha value is -4.07. The molecule has 0 saturated heterocycles. The number of hydrogen-bond donors (Lipinski definition) is 1. The maximum Gasteiger partial charge on any atom is 0.338 e. The number of phenolic OH excluding ortho intramolecular Hbond substituents is 1. The van der Waals surface area contributed by atoms with E-state index in [0.717, 1.165) is 5.56 Å². The maximum absolute atomic E-state index is 13.3. The minimum atomic E-state index is -0.665. The summed E-state index contributed by atoms with van der Waals surface area (Å²) in [6.07, 6.45) is -0.0809. The van der Waals surface area contributed by atoms with Crippen molar-refractivity contribution in [1.82, 2.24) is 0 Å². The van der Waals surface area contributed by atoms with Crippen molar-refractivity contribution >= 4 is 5.97 Å². The van der Waals surface area contributed by atoms with Crippen LogP contribution in [0.3, 0.4) is 0 Å². The molecule has 0 aromatic heterocycles. The highest BCUT2D eigenvalue weighted by Crippen LogP contribution is 2.58. The van der Waals surface area contributed by atoms with Crippen LogP contribution in [0.2, 0.25) is 0 Å². The third kappa shape index (κ3) is 4.06. The molecule has 5 rings (SSSR count). The van der Waals surface area contributed by atoms with Gasteiger partial charge >= 0.3 is 5.97 Å². The lowest BCUT2D eigenvalue weighted by Gasteiger charge is -2.35. The van der Waals surface area contributed by atoms with Crippen molar-refractivity contribution in [2.24, 2.45) is 11.8 Å². The molecule has 1 heterocycles. The van der Waals surface area contributed by atoms with Gasteiger partial charge in [-0.2, -0.15) is 0 Å². The van der Waals surface area contributed by atoms with Gasteiger partial charge in [0.15, 0.2) is 23.0 Å². The average molecular weight is 507 g/mol. The fourth-order valence-corrected chi connectivity index (χ4v) is 5.22. The van der Waals surface area contributed by atoms with Gasteiger partial charge in [-0.25, -0.2) is 4.79 Å². The molecule has 1 aliphatic carbocycles. The standard InChI is InChI=1S/C29H30O8/c1-15-11-18-12-20(32-3)26(33-4)24(30)22(18)23-19(13-21-27(28(23)34-5)36-14-35-21)25(16(15)2)37-29(31)17-9-7-6-8-10-17/h6-10,12-13,15-16,25,30H,11,14H2,1-5H3/t15-,16-,25-/m1/s1. The van der Waals surface area contributed by atoms with Crippen LogP contribution in [-0.2, 0) is 11.2 Å². The molecule has 0 spiro atoms. The summed E-state index contributed by atoms with van der Waals surface area (Å²) >= 11 is 0. The summed E-state index contributed by atoms with van der Waals surface area (Å²) in [5.74, 6) is 1.35. The highest BCUT2D eigenvalue weighted by molar-refractivity contribution is 5.91. The molecule has 3 aromatic carbocycles. The number of carbonyl (C=O) groups is 1. The lowest BCUT2D eigenvalue weighted by Crippen LogP contribution is -2.26. The number of aromatic hydroxyl groups is 1. The lowest BCUT2D eigenvalue weighted by atomic mass is 9.76. The third-order valence-corrected chi connectivity index (χ3v) is 7.30. The summed E-state index contributed by atoms with van der Waals surface area (Å²) in [6.45, 7) is 4.18. The first kappa shape index (κ1) is 24.6. The van der Waals surface area contributed by atoms with Crippen LogP contribution in [0.5, 0.6) is 34.5 Å². The molecular formula is C29H30O8. The van der Waals surface area contributed by atoms with Gasteiger partial charge in [0, 0.05) is 22.6 Å². The van der Waals surface area contributed by atoms with E-state index in [1.165, 1.54) is 21.3 Å². The fraction of sp³-hybridized carbons (Fsp3) is 0.345. The van der Waals surface area contributed by atoms with E-state index in [1.54, 1.807) is 24.3 Å². The summed E-state index contributed by atoms with van der Waals surface area (Å²) in [5.41, 5.74) is 3.02. The number of methoxy groups -OCH3 is 3. The number of fused-ring (bicyclic) bond motifs is 4. The van der Waals surface area contributed by atoms with E-state index in [-0.39, 0.29) is 30.1 Å². The second-order valence-electron chi connectivity index (χ2n) is 9.34. The van der Waals surface area contributed by atoms with Crippen LogP contribution in [0.4, 0.5) is 0 Å². The molecule has 3 atom stereocenters. The molecule has 8 nitrogen and oxygen atoms in total. The quantitative estimate of drug-likeness (QED) is 0.451. The van der Waals surface area contributed by atoms with Crippen molar-refractivity contribution in [3.05, 3.63) is 59.2 Å². The van der Waals surface area contributed by atoms with Crippen LogP contribution < -0.4 is 23.7 Å². The molecule has 2 aliphatic rings. The van der Waals surface area contributed by atoms with Crippen molar-refractivity contribution in [2.45, 2.75) is 26.4 Å². The molecule has 1 N–H and O–H groups in total. The highest BCUT2D eigenvalue weighted by atomic mass is 16.7. The summed E-state index contributed by atoms with van der Waals surface area (Å²) in [6, 6.07) is 12.6. The number of carbonyl (C=O) groups excluding carboxylic acids is 1. The molecule has 0 unspecified atom stereocenters. The normalized spacial score (nSPS) is 19.6. The number of esters is 1. The maximum atomic E-state index is 13.3. The summed E-state index contributed by atoms with van der Waals surface area (Å²) in [7, 11) is 4.54. The smallest absolute Gasteiger partial charge is 0.338 e. The van der Waals surface area contributed by atoms with Gasteiger partial charge in [0.2, 0.25) is 18.3 Å². The summed E-state index contributed by atoms with van der Waals surface area (Å²) in [5, 5.41) is 11.5. The zero-order valence-corrected chi connectivity index (χ0v) is 21.5. The van der Waals surface area contributed by atoms with Gasteiger partial charge in [0.1, 0.15) is 6.10 Å². The van der Waals surface area contributed by atoms with E-state index in [0.29, 0.717) is 51.7 Å². The molecular weight excluding hydrogens is 476 g/mol. The monoisotopic (exact) mass is 506 g/mol. The second kappa shape index (κ2) is 9.76. The van der Waals surface area contributed by atoms with Crippen LogP contribution in [-0.4, -0.2) is 39.2 Å². The number of ether oxygens (including phenoxy) is 6. The van der Waals surface area contributed by atoms with Gasteiger partial charge in [0.25, 0.3) is 0 Å². The third-order valence-electron chi connectivity index (χ3n) is 7.30. The topological polar surface area (TPSA) is 92.7 Å².